The number of rotatable bonds is 38. The molecule has 0 saturated carbocycles. The number of unbranched alkanes of at least 4 members (excludes halogenated alkanes) is 13. The molecule has 1 atom stereocenters. The molecule has 0 aromatic heterocycles. The van der Waals surface area contributed by atoms with E-state index in [0.717, 1.165) is 103 Å². The molecular formula is C52H80O6. The number of carbonyl (C=O) groups excluding carboxylic acids is 3. The summed E-state index contributed by atoms with van der Waals surface area (Å²) in [5, 5.41) is 0. The van der Waals surface area contributed by atoms with Gasteiger partial charge >= 0.3 is 17.9 Å². The highest BCUT2D eigenvalue weighted by molar-refractivity contribution is 5.71. The van der Waals surface area contributed by atoms with E-state index in [2.05, 4.69) is 106 Å². The summed E-state index contributed by atoms with van der Waals surface area (Å²) >= 11 is 0. The minimum Gasteiger partial charge on any atom is -0.462 e. The van der Waals surface area contributed by atoms with Crippen molar-refractivity contribution in [1.29, 1.82) is 0 Å². The molecule has 0 aromatic rings. The van der Waals surface area contributed by atoms with Gasteiger partial charge in [-0.2, -0.15) is 0 Å². The van der Waals surface area contributed by atoms with Gasteiger partial charge in [-0.25, -0.2) is 0 Å². The quantitative estimate of drug-likeness (QED) is 0.0203. The molecule has 6 heteroatoms. The van der Waals surface area contributed by atoms with Crippen molar-refractivity contribution in [2.45, 2.75) is 175 Å². The molecule has 1 unspecified atom stereocenters. The Bertz CT molecular complexity index is 1290. The van der Waals surface area contributed by atoms with Gasteiger partial charge in [-0.05, 0) is 89.9 Å². The molecule has 0 aromatic carbocycles. The van der Waals surface area contributed by atoms with Crippen molar-refractivity contribution >= 4 is 17.9 Å². The Morgan fingerprint density at radius 1 is 0.379 bits per heavy atom. The molecule has 0 rings (SSSR count). The van der Waals surface area contributed by atoms with Crippen LogP contribution < -0.4 is 0 Å². The number of carbonyl (C=O) groups is 3. The summed E-state index contributed by atoms with van der Waals surface area (Å²) in [5.74, 6) is -1.03. The smallest absolute Gasteiger partial charge is 0.306 e. The van der Waals surface area contributed by atoms with Crippen molar-refractivity contribution < 1.29 is 28.6 Å². The van der Waals surface area contributed by atoms with Crippen LogP contribution in [0.15, 0.2) is 122 Å². The maximum Gasteiger partial charge on any atom is 0.306 e. The van der Waals surface area contributed by atoms with E-state index in [4.69, 9.17) is 14.2 Å². The molecule has 0 N–H and O–H groups in total. The van der Waals surface area contributed by atoms with Gasteiger partial charge in [0.2, 0.25) is 0 Å². The number of esters is 3. The molecule has 0 aliphatic carbocycles. The van der Waals surface area contributed by atoms with Crippen LogP contribution in [0.3, 0.4) is 0 Å². The van der Waals surface area contributed by atoms with Crippen LogP contribution in [0.2, 0.25) is 0 Å². The second-order valence-electron chi connectivity index (χ2n) is 14.4. The first-order valence-corrected chi connectivity index (χ1v) is 22.6. The molecule has 0 amide bonds. The Kier molecular flexibility index (Phi) is 42.2. The normalized spacial score (nSPS) is 13.2. The standard InChI is InChI=1S/C52H80O6/c1-4-7-10-13-16-19-21-23-24-25-26-27-29-30-33-36-39-42-45-51(54)57-48-49(47-56-50(53)44-41-38-35-32-18-15-12-9-6-3)58-52(55)46-43-40-37-34-31-28-22-20-17-14-11-8-5-2/h8-9,11-12,14,16-28,31-32,49H,4-7,10,13,15,29-30,33-48H2,1-3H3/b11-8-,12-9-,17-14-,19-16-,22-20-,23-21-,25-24-,27-26-,31-28-,32-18-. The molecule has 58 heavy (non-hydrogen) atoms. The molecule has 0 aliphatic heterocycles. The lowest BCUT2D eigenvalue weighted by atomic mass is 10.1. The van der Waals surface area contributed by atoms with Crippen LogP contribution in [0.4, 0.5) is 0 Å². The third-order valence-corrected chi connectivity index (χ3v) is 8.87. The molecule has 0 radical (unpaired) electrons. The zero-order valence-electron chi connectivity index (χ0n) is 36.8. The third-order valence-electron chi connectivity index (χ3n) is 8.87. The van der Waals surface area contributed by atoms with Crippen molar-refractivity contribution in [2.75, 3.05) is 13.2 Å². The number of hydrogen-bond acceptors (Lipinski definition) is 6. The second-order valence-corrected chi connectivity index (χ2v) is 14.4. The summed E-state index contributed by atoms with van der Waals surface area (Å²) in [4.78, 5) is 37.7. The lowest BCUT2D eigenvalue weighted by Gasteiger charge is -2.18. The SMILES string of the molecule is CC\C=C/C=C\C=C/C=C\CCCCCC(=O)OC(COC(=O)CCCC/C=C\C/C=C\CC)COC(=O)CCCCCCC\C=C/C=C\C=C/C=C\CCCCC. The highest BCUT2D eigenvalue weighted by Gasteiger charge is 2.19. The fraction of sp³-hybridized carbons (Fsp3) is 0.558. The first-order valence-electron chi connectivity index (χ1n) is 22.6. The monoisotopic (exact) mass is 801 g/mol. The summed E-state index contributed by atoms with van der Waals surface area (Å²) in [6.07, 6.45) is 61.9. The van der Waals surface area contributed by atoms with E-state index in [1.165, 1.54) is 19.3 Å². The van der Waals surface area contributed by atoms with Gasteiger partial charge in [-0.1, -0.05) is 181 Å². The van der Waals surface area contributed by atoms with E-state index in [-0.39, 0.29) is 37.5 Å². The van der Waals surface area contributed by atoms with Gasteiger partial charge in [0.05, 0.1) is 0 Å². The lowest BCUT2D eigenvalue weighted by Crippen LogP contribution is -2.30. The maximum absolute atomic E-state index is 12.7. The second kappa shape index (κ2) is 45.5. The molecule has 0 saturated heterocycles. The van der Waals surface area contributed by atoms with Gasteiger partial charge in [0.1, 0.15) is 13.2 Å². The van der Waals surface area contributed by atoms with E-state index >= 15 is 0 Å². The minimum absolute atomic E-state index is 0.121. The van der Waals surface area contributed by atoms with Crippen LogP contribution in [-0.2, 0) is 28.6 Å². The van der Waals surface area contributed by atoms with E-state index < -0.39 is 6.10 Å². The van der Waals surface area contributed by atoms with Crippen LogP contribution >= 0.6 is 0 Å². The van der Waals surface area contributed by atoms with Crippen molar-refractivity contribution in [1.82, 2.24) is 0 Å². The average molecular weight is 801 g/mol. The van der Waals surface area contributed by atoms with Gasteiger partial charge in [0, 0.05) is 19.3 Å². The van der Waals surface area contributed by atoms with E-state index in [0.29, 0.717) is 19.3 Å². The molecule has 6 nitrogen and oxygen atoms in total. The van der Waals surface area contributed by atoms with Gasteiger partial charge in [-0.15, -0.1) is 0 Å². The lowest BCUT2D eigenvalue weighted by molar-refractivity contribution is -0.167. The Hall–Kier alpha value is -4.19. The Balaban J connectivity index is 4.51. The van der Waals surface area contributed by atoms with Crippen LogP contribution in [-0.4, -0.2) is 37.2 Å². The van der Waals surface area contributed by atoms with E-state index in [1.54, 1.807) is 0 Å². The molecule has 0 spiro atoms. The zero-order chi connectivity index (χ0) is 42.3. The van der Waals surface area contributed by atoms with Crippen LogP contribution in [0.1, 0.15) is 168 Å². The van der Waals surface area contributed by atoms with Gasteiger partial charge in [0.15, 0.2) is 6.10 Å². The van der Waals surface area contributed by atoms with Crippen LogP contribution in [0.5, 0.6) is 0 Å². The van der Waals surface area contributed by atoms with Crippen molar-refractivity contribution in [3.63, 3.8) is 0 Å². The largest absolute Gasteiger partial charge is 0.462 e. The van der Waals surface area contributed by atoms with Gasteiger partial charge in [-0.3, -0.25) is 14.4 Å². The topological polar surface area (TPSA) is 78.9 Å². The molecular weight excluding hydrogens is 721 g/mol. The first-order chi connectivity index (χ1) is 28.5. The summed E-state index contributed by atoms with van der Waals surface area (Å²) in [6, 6.07) is 0. The van der Waals surface area contributed by atoms with Crippen molar-refractivity contribution in [2.24, 2.45) is 0 Å². The minimum atomic E-state index is -0.822. The maximum atomic E-state index is 12.7. The summed E-state index contributed by atoms with van der Waals surface area (Å²) in [7, 11) is 0. The molecule has 0 fully saturated rings. The number of hydrogen-bond donors (Lipinski definition) is 0. The fourth-order valence-corrected chi connectivity index (χ4v) is 5.50. The average Bonchev–Trinajstić information content (AvgIpc) is 3.22. The Labute approximate surface area is 354 Å². The predicted molar refractivity (Wildman–Crippen MR) is 246 cm³/mol. The van der Waals surface area contributed by atoms with Crippen LogP contribution in [0.25, 0.3) is 0 Å². The summed E-state index contributed by atoms with van der Waals surface area (Å²) in [5.41, 5.74) is 0. The number of allylic oxidation sites excluding steroid dienone is 20. The third kappa shape index (κ3) is 42.9. The summed E-state index contributed by atoms with van der Waals surface area (Å²) < 4.78 is 16.6. The number of ether oxygens (including phenoxy) is 3. The fourth-order valence-electron chi connectivity index (χ4n) is 5.50. The van der Waals surface area contributed by atoms with Crippen LogP contribution in [0, 0.1) is 0 Å². The highest BCUT2D eigenvalue weighted by atomic mass is 16.6. The van der Waals surface area contributed by atoms with E-state index in [9.17, 15) is 14.4 Å². The molecule has 0 heterocycles. The van der Waals surface area contributed by atoms with Crippen molar-refractivity contribution in [3.8, 4) is 0 Å². The molecule has 324 valence electrons. The molecule has 0 bridgehead atoms. The van der Waals surface area contributed by atoms with Gasteiger partial charge < -0.3 is 14.2 Å². The predicted octanol–water partition coefficient (Wildman–Crippen LogP) is 14.6. The Morgan fingerprint density at radius 2 is 0.759 bits per heavy atom. The summed E-state index contributed by atoms with van der Waals surface area (Å²) in [6.45, 7) is 6.21. The first kappa shape index (κ1) is 53.8. The molecule has 0 aliphatic rings. The highest BCUT2D eigenvalue weighted by Crippen LogP contribution is 2.11. The zero-order valence-corrected chi connectivity index (χ0v) is 36.8. The van der Waals surface area contributed by atoms with Gasteiger partial charge in [0.25, 0.3) is 0 Å². The van der Waals surface area contributed by atoms with E-state index in [1.807, 2.05) is 36.5 Å². The Morgan fingerprint density at radius 3 is 1.29 bits per heavy atom. The van der Waals surface area contributed by atoms with Crippen molar-refractivity contribution in [3.05, 3.63) is 122 Å².